The molecule has 0 radical (unpaired) electrons. The minimum Gasteiger partial charge on any atom is -0.490 e. The third-order valence-electron chi connectivity index (χ3n) is 7.71. The lowest BCUT2D eigenvalue weighted by Crippen LogP contribution is -2.39. The summed E-state index contributed by atoms with van der Waals surface area (Å²) in [6.45, 7) is 5.02. The number of rotatable bonds is 24. The van der Waals surface area contributed by atoms with Gasteiger partial charge in [-0.2, -0.15) is 0 Å². The molecule has 4 nitrogen and oxygen atoms in total. The average molecular weight is 553 g/mol. The van der Waals surface area contributed by atoms with Crippen LogP contribution in [0.25, 0.3) is 0 Å². The molecule has 0 spiro atoms. The summed E-state index contributed by atoms with van der Waals surface area (Å²) in [6, 6.07) is 19.0. The first-order valence-electron chi connectivity index (χ1n) is 16.2. The monoisotopic (exact) mass is 552 g/mol. The summed E-state index contributed by atoms with van der Waals surface area (Å²) in [4.78, 5) is 12.1. The standard InChI is InChI=1S/C36H58NO3/c1-4-5-6-7-8-9-10-11-12-13-14-16-21-33-25-27-35(28-26-33)39-30-31-40-36(38)24-19-20-29-37(2,3)32-34-22-17-15-18-23-34/h15,17-18,22-23,25-28H,4-14,16,19-21,24,29-32H2,1-3H3/q+1. The number of nitrogens with zero attached hydrogens (tertiary/aromatic N) is 1. The first-order chi connectivity index (χ1) is 19.5. The van der Waals surface area contributed by atoms with Crippen molar-refractivity contribution in [1.29, 1.82) is 0 Å². The number of benzene rings is 2. The van der Waals surface area contributed by atoms with Gasteiger partial charge < -0.3 is 14.0 Å². The van der Waals surface area contributed by atoms with Crippen molar-refractivity contribution in [2.45, 2.75) is 116 Å². The van der Waals surface area contributed by atoms with Crippen molar-refractivity contribution in [3.05, 3.63) is 65.7 Å². The van der Waals surface area contributed by atoms with Crippen LogP contribution in [0.3, 0.4) is 0 Å². The second-order valence-corrected chi connectivity index (χ2v) is 12.1. The number of hydrogen-bond acceptors (Lipinski definition) is 3. The smallest absolute Gasteiger partial charge is 0.305 e. The van der Waals surface area contributed by atoms with Gasteiger partial charge in [0.05, 0.1) is 20.6 Å². The minimum absolute atomic E-state index is 0.130. The molecule has 2 aromatic carbocycles. The fourth-order valence-corrected chi connectivity index (χ4v) is 5.28. The topological polar surface area (TPSA) is 35.5 Å². The summed E-state index contributed by atoms with van der Waals surface area (Å²) < 4.78 is 12.1. The van der Waals surface area contributed by atoms with Crippen LogP contribution in [0.15, 0.2) is 54.6 Å². The van der Waals surface area contributed by atoms with Crippen LogP contribution in [0.1, 0.15) is 114 Å². The zero-order chi connectivity index (χ0) is 28.7. The summed E-state index contributed by atoms with van der Waals surface area (Å²) in [7, 11) is 4.49. The Morgan fingerprint density at radius 1 is 0.650 bits per heavy atom. The Morgan fingerprint density at radius 3 is 1.88 bits per heavy atom. The number of carbonyl (C=O) groups excluding carboxylic acids is 1. The molecule has 40 heavy (non-hydrogen) atoms. The summed E-state index contributed by atoms with van der Waals surface area (Å²) in [5.74, 6) is 0.711. The number of unbranched alkanes of at least 4 members (excludes halogenated alkanes) is 12. The highest BCUT2D eigenvalue weighted by Crippen LogP contribution is 2.16. The van der Waals surface area contributed by atoms with E-state index in [1.807, 2.05) is 12.1 Å². The van der Waals surface area contributed by atoms with E-state index in [0.717, 1.165) is 42.6 Å². The fourth-order valence-electron chi connectivity index (χ4n) is 5.28. The minimum atomic E-state index is -0.130. The highest BCUT2D eigenvalue weighted by atomic mass is 16.6. The Morgan fingerprint density at radius 2 is 1.25 bits per heavy atom. The Labute approximate surface area is 246 Å². The van der Waals surface area contributed by atoms with E-state index < -0.39 is 0 Å². The molecule has 0 unspecified atom stereocenters. The fraction of sp³-hybridized carbons (Fsp3) is 0.639. The number of hydrogen-bond donors (Lipinski definition) is 0. The van der Waals surface area contributed by atoms with Gasteiger partial charge in [0.1, 0.15) is 25.5 Å². The van der Waals surface area contributed by atoms with Crippen LogP contribution >= 0.6 is 0 Å². The molecular weight excluding hydrogens is 494 g/mol. The number of quaternary nitrogens is 1. The molecule has 0 aliphatic rings. The van der Waals surface area contributed by atoms with Crippen LogP contribution in [-0.2, 0) is 22.5 Å². The average Bonchev–Trinajstić information content (AvgIpc) is 2.95. The predicted molar refractivity (Wildman–Crippen MR) is 169 cm³/mol. The molecule has 0 amide bonds. The predicted octanol–water partition coefficient (Wildman–Crippen LogP) is 9.30. The van der Waals surface area contributed by atoms with Crippen molar-refractivity contribution in [3.63, 3.8) is 0 Å². The molecule has 0 heterocycles. The van der Waals surface area contributed by atoms with E-state index in [-0.39, 0.29) is 5.97 Å². The van der Waals surface area contributed by atoms with Crippen LogP contribution in [0, 0.1) is 0 Å². The lowest BCUT2D eigenvalue weighted by atomic mass is 10.0. The molecule has 0 aliphatic heterocycles. The van der Waals surface area contributed by atoms with E-state index in [1.54, 1.807) is 0 Å². The maximum absolute atomic E-state index is 12.1. The molecule has 224 valence electrons. The molecule has 0 N–H and O–H groups in total. The van der Waals surface area contributed by atoms with Gasteiger partial charge >= 0.3 is 5.97 Å². The van der Waals surface area contributed by atoms with E-state index in [2.05, 4.69) is 63.5 Å². The molecule has 2 aromatic rings. The molecule has 0 aliphatic carbocycles. The van der Waals surface area contributed by atoms with Gasteiger partial charge in [-0.15, -0.1) is 0 Å². The lowest BCUT2D eigenvalue weighted by molar-refractivity contribution is -0.903. The van der Waals surface area contributed by atoms with Crippen LogP contribution in [-0.4, -0.2) is 44.3 Å². The molecule has 4 heteroatoms. The Balaban J connectivity index is 1.42. The summed E-state index contributed by atoms with van der Waals surface area (Å²) in [6.07, 6.45) is 20.1. The van der Waals surface area contributed by atoms with E-state index in [9.17, 15) is 4.79 Å². The van der Waals surface area contributed by atoms with Gasteiger partial charge in [0, 0.05) is 12.0 Å². The zero-order valence-electron chi connectivity index (χ0n) is 26.0. The quantitative estimate of drug-likeness (QED) is 0.0739. The van der Waals surface area contributed by atoms with Crippen LogP contribution in [0.5, 0.6) is 5.75 Å². The normalized spacial score (nSPS) is 11.5. The number of esters is 1. The van der Waals surface area contributed by atoms with Gasteiger partial charge in [-0.3, -0.25) is 4.79 Å². The second-order valence-electron chi connectivity index (χ2n) is 12.1. The lowest BCUT2D eigenvalue weighted by Gasteiger charge is -2.30. The van der Waals surface area contributed by atoms with Crippen LogP contribution in [0.2, 0.25) is 0 Å². The van der Waals surface area contributed by atoms with Crippen LogP contribution in [0.4, 0.5) is 0 Å². The number of aryl methyl sites for hydroxylation is 1. The molecule has 0 saturated heterocycles. The molecule has 0 saturated carbocycles. The van der Waals surface area contributed by atoms with Crippen molar-refractivity contribution in [3.8, 4) is 5.75 Å². The van der Waals surface area contributed by atoms with Gasteiger partial charge in [-0.05, 0) is 43.4 Å². The van der Waals surface area contributed by atoms with Crippen molar-refractivity contribution >= 4 is 5.97 Å². The number of ether oxygens (including phenoxy) is 2. The Hall–Kier alpha value is -2.33. The number of carbonyl (C=O) groups is 1. The van der Waals surface area contributed by atoms with Crippen molar-refractivity contribution < 1.29 is 18.8 Å². The van der Waals surface area contributed by atoms with Crippen molar-refractivity contribution in [2.24, 2.45) is 0 Å². The summed E-state index contributed by atoms with van der Waals surface area (Å²) in [5, 5.41) is 0. The van der Waals surface area contributed by atoms with Crippen molar-refractivity contribution in [2.75, 3.05) is 33.9 Å². The largest absolute Gasteiger partial charge is 0.490 e. The van der Waals surface area contributed by atoms with Crippen LogP contribution < -0.4 is 4.74 Å². The molecule has 0 atom stereocenters. The maximum Gasteiger partial charge on any atom is 0.305 e. The highest BCUT2D eigenvalue weighted by Gasteiger charge is 2.15. The summed E-state index contributed by atoms with van der Waals surface area (Å²) >= 11 is 0. The van der Waals surface area contributed by atoms with Gasteiger partial charge in [-0.25, -0.2) is 0 Å². The third kappa shape index (κ3) is 17.4. The van der Waals surface area contributed by atoms with E-state index in [1.165, 1.54) is 88.2 Å². The molecular formula is C36H58NO3+. The molecule has 0 fully saturated rings. The van der Waals surface area contributed by atoms with E-state index >= 15 is 0 Å². The van der Waals surface area contributed by atoms with Gasteiger partial charge in [-0.1, -0.05) is 120 Å². The maximum atomic E-state index is 12.1. The van der Waals surface area contributed by atoms with E-state index in [0.29, 0.717) is 19.6 Å². The van der Waals surface area contributed by atoms with Gasteiger partial charge in [0.2, 0.25) is 0 Å². The zero-order valence-corrected chi connectivity index (χ0v) is 26.0. The molecule has 0 bridgehead atoms. The SMILES string of the molecule is CCCCCCCCCCCCCCc1ccc(OCCOC(=O)CCCC[N+](C)(C)Cc2ccccc2)cc1. The summed E-state index contributed by atoms with van der Waals surface area (Å²) in [5.41, 5.74) is 2.72. The Kier molecular flexibility index (Phi) is 18.1. The highest BCUT2D eigenvalue weighted by molar-refractivity contribution is 5.69. The van der Waals surface area contributed by atoms with Gasteiger partial charge in [0.15, 0.2) is 0 Å². The third-order valence-corrected chi connectivity index (χ3v) is 7.71. The Bertz CT molecular complexity index is 879. The first-order valence-corrected chi connectivity index (χ1v) is 16.2. The second kappa shape index (κ2) is 21.4. The van der Waals surface area contributed by atoms with E-state index in [4.69, 9.17) is 9.47 Å². The molecule has 2 rings (SSSR count). The van der Waals surface area contributed by atoms with Gasteiger partial charge in [0.25, 0.3) is 0 Å². The molecule has 0 aromatic heterocycles. The first kappa shape index (κ1) is 33.9. The van der Waals surface area contributed by atoms with Crippen molar-refractivity contribution in [1.82, 2.24) is 0 Å².